The number of likely N-dealkylation sites (tertiary alicyclic amines) is 1. The van der Waals surface area contributed by atoms with Crippen LogP contribution in [0, 0.1) is 0 Å². The second-order valence-corrected chi connectivity index (χ2v) is 6.64. The van der Waals surface area contributed by atoms with E-state index in [1.54, 1.807) is 0 Å². The Morgan fingerprint density at radius 2 is 1.95 bits per heavy atom. The van der Waals surface area contributed by atoms with Crippen molar-refractivity contribution >= 4 is 0 Å². The molecule has 2 saturated heterocycles. The first-order chi connectivity index (χ1) is 9.78. The van der Waals surface area contributed by atoms with Gasteiger partial charge in [0.15, 0.2) is 0 Å². The summed E-state index contributed by atoms with van der Waals surface area (Å²) in [5.74, 6) is 0. The number of likely N-dealkylation sites (N-methyl/N-ethyl adjacent to an activating group) is 1. The Labute approximate surface area is 121 Å². The molecule has 0 atom stereocenters. The molecule has 0 bridgehead atoms. The van der Waals surface area contributed by atoms with E-state index in [2.05, 4.69) is 32.5 Å². The highest BCUT2D eigenvalue weighted by atomic mass is 15.4. The van der Waals surface area contributed by atoms with Crippen molar-refractivity contribution in [3.05, 3.63) is 17.5 Å². The smallest absolute Gasteiger partial charge is 0.0767 e. The van der Waals surface area contributed by atoms with Crippen LogP contribution in [0.1, 0.15) is 17.8 Å². The van der Waals surface area contributed by atoms with Gasteiger partial charge >= 0.3 is 0 Å². The summed E-state index contributed by atoms with van der Waals surface area (Å²) in [6.07, 6.45) is 2.49. The van der Waals surface area contributed by atoms with Crippen LogP contribution in [-0.2, 0) is 19.5 Å². The summed E-state index contributed by atoms with van der Waals surface area (Å²) < 4.78 is 2.20. The van der Waals surface area contributed by atoms with Crippen LogP contribution in [0.4, 0.5) is 0 Å². The molecule has 0 aromatic carbocycles. The Morgan fingerprint density at radius 3 is 2.70 bits per heavy atom. The molecule has 3 aliphatic rings. The predicted octanol–water partition coefficient (Wildman–Crippen LogP) is 0.261. The minimum atomic E-state index is 0.790. The zero-order chi connectivity index (χ0) is 13.5. The molecular formula is C15H25N5. The van der Waals surface area contributed by atoms with Crippen LogP contribution >= 0.6 is 0 Å². The molecule has 0 N–H and O–H groups in total. The Kier molecular flexibility index (Phi) is 3.28. The van der Waals surface area contributed by atoms with Gasteiger partial charge in [0.25, 0.3) is 0 Å². The van der Waals surface area contributed by atoms with E-state index in [1.807, 2.05) is 0 Å². The monoisotopic (exact) mass is 275 g/mol. The highest BCUT2D eigenvalue weighted by Gasteiger charge is 2.33. The van der Waals surface area contributed by atoms with Crippen molar-refractivity contribution in [1.82, 2.24) is 24.5 Å². The molecule has 4 rings (SSSR count). The van der Waals surface area contributed by atoms with E-state index in [9.17, 15) is 0 Å². The van der Waals surface area contributed by atoms with Gasteiger partial charge in [0.2, 0.25) is 0 Å². The third-order valence-electron chi connectivity index (χ3n) is 5.09. The zero-order valence-electron chi connectivity index (χ0n) is 12.5. The highest BCUT2D eigenvalue weighted by Crippen LogP contribution is 2.21. The number of hydrogen-bond donors (Lipinski definition) is 0. The van der Waals surface area contributed by atoms with Crippen LogP contribution in [-0.4, -0.2) is 76.8 Å². The summed E-state index contributed by atoms with van der Waals surface area (Å²) in [5, 5.41) is 4.71. The molecule has 0 unspecified atom stereocenters. The summed E-state index contributed by atoms with van der Waals surface area (Å²) in [6.45, 7) is 9.57. The molecule has 0 radical (unpaired) electrons. The second kappa shape index (κ2) is 5.13. The molecule has 0 spiro atoms. The third-order valence-corrected chi connectivity index (χ3v) is 5.09. The van der Waals surface area contributed by atoms with E-state index in [0.717, 1.165) is 19.1 Å². The first kappa shape index (κ1) is 12.8. The van der Waals surface area contributed by atoms with Gasteiger partial charge in [-0.2, -0.15) is 5.10 Å². The van der Waals surface area contributed by atoms with Crippen molar-refractivity contribution in [2.45, 2.75) is 32.0 Å². The van der Waals surface area contributed by atoms with Gasteiger partial charge in [-0.3, -0.25) is 14.5 Å². The average molecular weight is 275 g/mol. The van der Waals surface area contributed by atoms with E-state index in [-0.39, 0.29) is 0 Å². The fourth-order valence-corrected chi connectivity index (χ4v) is 3.72. The van der Waals surface area contributed by atoms with E-state index in [0.29, 0.717) is 0 Å². The van der Waals surface area contributed by atoms with Crippen molar-refractivity contribution in [2.24, 2.45) is 0 Å². The van der Waals surface area contributed by atoms with Gasteiger partial charge in [0, 0.05) is 64.1 Å². The van der Waals surface area contributed by atoms with E-state index < -0.39 is 0 Å². The third kappa shape index (κ3) is 2.38. The van der Waals surface area contributed by atoms with Gasteiger partial charge in [0.1, 0.15) is 0 Å². The van der Waals surface area contributed by atoms with Crippen molar-refractivity contribution < 1.29 is 0 Å². The van der Waals surface area contributed by atoms with Gasteiger partial charge < -0.3 is 4.90 Å². The molecule has 0 amide bonds. The van der Waals surface area contributed by atoms with Gasteiger partial charge in [-0.25, -0.2) is 0 Å². The van der Waals surface area contributed by atoms with Crippen LogP contribution in [0.15, 0.2) is 6.07 Å². The van der Waals surface area contributed by atoms with Crippen LogP contribution < -0.4 is 0 Å². The molecule has 3 aliphatic heterocycles. The summed E-state index contributed by atoms with van der Waals surface area (Å²) in [5.41, 5.74) is 2.72. The molecule has 5 nitrogen and oxygen atoms in total. The number of aromatic nitrogens is 2. The van der Waals surface area contributed by atoms with Crippen LogP contribution in [0.5, 0.6) is 0 Å². The van der Waals surface area contributed by atoms with Gasteiger partial charge in [0.05, 0.1) is 5.69 Å². The van der Waals surface area contributed by atoms with Gasteiger partial charge in [-0.15, -0.1) is 0 Å². The van der Waals surface area contributed by atoms with Gasteiger partial charge in [-0.05, 0) is 26.0 Å². The first-order valence-electron chi connectivity index (χ1n) is 7.98. The largest absolute Gasteiger partial charge is 0.304 e. The SMILES string of the molecule is CN1CCN(C2CN(Cc3cc4n(n3)CCC4)C2)CC1. The average Bonchev–Trinajstić information content (AvgIpc) is 2.95. The van der Waals surface area contributed by atoms with Crippen LogP contribution in [0.2, 0.25) is 0 Å². The molecule has 20 heavy (non-hydrogen) atoms. The van der Waals surface area contributed by atoms with Crippen molar-refractivity contribution in [2.75, 3.05) is 46.3 Å². The quantitative estimate of drug-likeness (QED) is 0.791. The Morgan fingerprint density at radius 1 is 1.15 bits per heavy atom. The molecule has 4 heterocycles. The van der Waals surface area contributed by atoms with Crippen LogP contribution in [0.3, 0.4) is 0 Å². The molecular weight excluding hydrogens is 250 g/mol. The van der Waals surface area contributed by atoms with E-state index in [4.69, 9.17) is 5.10 Å². The maximum absolute atomic E-state index is 4.71. The topological polar surface area (TPSA) is 27.5 Å². The standard InChI is InChI=1S/C15H25N5/c1-17-5-7-19(8-6-17)15-11-18(12-15)10-13-9-14-3-2-4-20(14)16-13/h9,15H,2-8,10-12H2,1H3. The summed E-state index contributed by atoms with van der Waals surface area (Å²) in [4.78, 5) is 7.64. The number of hydrogen-bond acceptors (Lipinski definition) is 4. The summed E-state index contributed by atoms with van der Waals surface area (Å²) in [7, 11) is 2.22. The minimum Gasteiger partial charge on any atom is -0.304 e. The molecule has 1 aromatic rings. The number of aryl methyl sites for hydroxylation is 2. The fourth-order valence-electron chi connectivity index (χ4n) is 3.72. The molecule has 2 fully saturated rings. The fraction of sp³-hybridized carbons (Fsp3) is 0.800. The Balaban J connectivity index is 1.26. The molecule has 5 heteroatoms. The number of rotatable bonds is 3. The lowest BCUT2D eigenvalue weighted by atomic mass is 10.1. The second-order valence-electron chi connectivity index (χ2n) is 6.64. The molecule has 1 aromatic heterocycles. The Bertz CT molecular complexity index is 447. The maximum Gasteiger partial charge on any atom is 0.0767 e. The predicted molar refractivity (Wildman–Crippen MR) is 78.7 cm³/mol. The minimum absolute atomic E-state index is 0.790. The van der Waals surface area contributed by atoms with Crippen molar-refractivity contribution in [3.8, 4) is 0 Å². The summed E-state index contributed by atoms with van der Waals surface area (Å²) in [6, 6.07) is 3.11. The van der Waals surface area contributed by atoms with Gasteiger partial charge in [-0.1, -0.05) is 0 Å². The normalized spacial score (nSPS) is 25.9. The Hall–Kier alpha value is -0.910. The van der Waals surface area contributed by atoms with Crippen molar-refractivity contribution in [1.29, 1.82) is 0 Å². The van der Waals surface area contributed by atoms with Crippen molar-refractivity contribution in [3.63, 3.8) is 0 Å². The molecule has 0 aliphatic carbocycles. The highest BCUT2D eigenvalue weighted by molar-refractivity contribution is 5.13. The number of nitrogens with zero attached hydrogens (tertiary/aromatic N) is 5. The van der Waals surface area contributed by atoms with E-state index >= 15 is 0 Å². The van der Waals surface area contributed by atoms with E-state index in [1.165, 1.54) is 63.5 Å². The zero-order valence-corrected chi connectivity index (χ0v) is 12.5. The number of fused-ring (bicyclic) bond motifs is 1. The number of piperazine rings is 1. The lowest BCUT2D eigenvalue weighted by Gasteiger charge is -2.47. The summed E-state index contributed by atoms with van der Waals surface area (Å²) >= 11 is 0. The maximum atomic E-state index is 4.71. The van der Waals surface area contributed by atoms with Crippen LogP contribution in [0.25, 0.3) is 0 Å². The lowest BCUT2D eigenvalue weighted by Crippen LogP contribution is -2.62. The lowest BCUT2D eigenvalue weighted by molar-refractivity contribution is 0.00479. The molecule has 0 saturated carbocycles. The first-order valence-corrected chi connectivity index (χ1v) is 7.98. The molecule has 110 valence electrons.